The molecule has 1 aliphatic rings. The minimum absolute atomic E-state index is 0.0690. The molecule has 0 radical (unpaired) electrons. The highest BCUT2D eigenvalue weighted by Gasteiger charge is 2.31. The zero-order chi connectivity index (χ0) is 15.5. The third-order valence-electron chi connectivity index (χ3n) is 4.20. The largest absolute Gasteiger partial charge is 0.389 e. The average molecular weight is 357 g/mol. The van der Waals surface area contributed by atoms with E-state index < -0.39 is 10.5 Å². The lowest BCUT2D eigenvalue weighted by atomic mass is 9.79. The van der Waals surface area contributed by atoms with Crippen LogP contribution in [0.2, 0.25) is 0 Å². The summed E-state index contributed by atoms with van der Waals surface area (Å²) in [5.41, 5.74) is 0.283. The molecule has 0 bridgehead atoms. The highest BCUT2D eigenvalue weighted by Crippen LogP contribution is 2.31. The van der Waals surface area contributed by atoms with Crippen LogP contribution in [-0.2, 0) is 6.54 Å². The predicted molar refractivity (Wildman–Crippen MR) is 85.1 cm³/mol. The van der Waals surface area contributed by atoms with E-state index in [2.05, 4.69) is 28.2 Å². The zero-order valence-corrected chi connectivity index (χ0v) is 13.7. The van der Waals surface area contributed by atoms with Crippen molar-refractivity contribution in [2.75, 3.05) is 6.54 Å². The van der Waals surface area contributed by atoms with Crippen LogP contribution < -0.4 is 5.32 Å². The van der Waals surface area contributed by atoms with E-state index in [4.69, 9.17) is 0 Å². The molecule has 0 heterocycles. The van der Waals surface area contributed by atoms with Crippen LogP contribution in [0.1, 0.15) is 38.2 Å². The number of hydrogen-bond acceptors (Lipinski definition) is 4. The Balaban J connectivity index is 1.89. The quantitative estimate of drug-likeness (QED) is 0.626. The second kappa shape index (κ2) is 6.85. The fourth-order valence-electron chi connectivity index (χ4n) is 2.72. The molecule has 6 heteroatoms. The number of nitrogens with one attached hydrogen (secondary N) is 1. The van der Waals surface area contributed by atoms with Gasteiger partial charge in [-0.1, -0.05) is 13.0 Å². The van der Waals surface area contributed by atoms with Crippen molar-refractivity contribution < 1.29 is 10.0 Å². The van der Waals surface area contributed by atoms with E-state index in [1.54, 1.807) is 12.1 Å². The Morgan fingerprint density at radius 2 is 2.14 bits per heavy atom. The summed E-state index contributed by atoms with van der Waals surface area (Å²) in [6.45, 7) is 3.27. The number of nitrogens with zero attached hydrogens (tertiary/aromatic N) is 1. The van der Waals surface area contributed by atoms with E-state index in [9.17, 15) is 15.2 Å². The van der Waals surface area contributed by atoms with Crippen LogP contribution >= 0.6 is 15.9 Å². The number of halogens is 1. The summed E-state index contributed by atoms with van der Waals surface area (Å²) in [6.07, 6.45) is 3.76. The van der Waals surface area contributed by atoms with E-state index in [0.29, 0.717) is 23.5 Å². The number of hydrogen-bond donors (Lipinski definition) is 2. The smallest absolute Gasteiger partial charge is 0.283 e. The predicted octanol–water partition coefficient (Wildman–Crippen LogP) is 3.39. The zero-order valence-electron chi connectivity index (χ0n) is 12.1. The SMILES string of the molecule is CC1CCC(O)(CNCc2ccc(Br)c([N+](=O)[O-])c2)CC1. The second-order valence-corrected chi connectivity index (χ2v) is 6.91. The lowest BCUT2D eigenvalue weighted by molar-refractivity contribution is -0.385. The summed E-state index contributed by atoms with van der Waals surface area (Å²) < 4.78 is 0.483. The molecule has 2 N–H and O–H groups in total. The van der Waals surface area contributed by atoms with Gasteiger partial charge in [0.25, 0.3) is 5.69 Å². The molecule has 0 unspecified atom stereocenters. The Morgan fingerprint density at radius 1 is 1.48 bits per heavy atom. The Morgan fingerprint density at radius 3 is 2.76 bits per heavy atom. The first kappa shape index (κ1) is 16.4. The molecule has 0 atom stereocenters. The van der Waals surface area contributed by atoms with Crippen LogP contribution in [0.3, 0.4) is 0 Å². The van der Waals surface area contributed by atoms with Crippen molar-refractivity contribution in [1.82, 2.24) is 5.32 Å². The number of rotatable bonds is 5. The van der Waals surface area contributed by atoms with Crippen molar-refractivity contribution in [1.29, 1.82) is 0 Å². The average Bonchev–Trinajstić information content (AvgIpc) is 2.44. The molecule has 0 aliphatic heterocycles. The molecule has 5 nitrogen and oxygen atoms in total. The highest BCUT2D eigenvalue weighted by atomic mass is 79.9. The Labute approximate surface area is 133 Å². The first-order chi connectivity index (χ1) is 9.89. The van der Waals surface area contributed by atoms with E-state index in [-0.39, 0.29) is 5.69 Å². The van der Waals surface area contributed by atoms with E-state index in [0.717, 1.165) is 31.2 Å². The van der Waals surface area contributed by atoms with Gasteiger partial charge in [-0.3, -0.25) is 10.1 Å². The van der Waals surface area contributed by atoms with Crippen molar-refractivity contribution in [3.8, 4) is 0 Å². The maximum Gasteiger partial charge on any atom is 0.283 e. The maximum atomic E-state index is 10.9. The molecule has 21 heavy (non-hydrogen) atoms. The van der Waals surface area contributed by atoms with Crippen LogP contribution in [0.4, 0.5) is 5.69 Å². The lowest BCUT2D eigenvalue weighted by Crippen LogP contribution is -2.43. The van der Waals surface area contributed by atoms with Gasteiger partial charge in [0.05, 0.1) is 15.0 Å². The first-order valence-electron chi connectivity index (χ1n) is 7.25. The standard InChI is InChI=1S/C15H21BrN2O3/c1-11-4-6-15(19,7-5-11)10-17-9-12-2-3-13(16)14(8-12)18(20)21/h2-3,8,11,17,19H,4-7,9-10H2,1H3. The van der Waals surface area contributed by atoms with Gasteiger partial charge in [0.2, 0.25) is 0 Å². The Bertz CT molecular complexity index is 514. The minimum atomic E-state index is -0.631. The van der Waals surface area contributed by atoms with Gasteiger partial charge in [-0.2, -0.15) is 0 Å². The van der Waals surface area contributed by atoms with Crippen LogP contribution in [0.25, 0.3) is 0 Å². The minimum Gasteiger partial charge on any atom is -0.389 e. The third-order valence-corrected chi connectivity index (χ3v) is 4.87. The summed E-state index contributed by atoms with van der Waals surface area (Å²) in [5.74, 6) is 0.694. The molecule has 1 fully saturated rings. The Kier molecular flexibility index (Phi) is 5.35. The molecular weight excluding hydrogens is 336 g/mol. The van der Waals surface area contributed by atoms with Crippen LogP contribution in [-0.4, -0.2) is 22.2 Å². The van der Waals surface area contributed by atoms with Crippen molar-refractivity contribution >= 4 is 21.6 Å². The van der Waals surface area contributed by atoms with Crippen molar-refractivity contribution in [2.24, 2.45) is 5.92 Å². The Hall–Kier alpha value is -0.980. The van der Waals surface area contributed by atoms with E-state index >= 15 is 0 Å². The van der Waals surface area contributed by atoms with Gasteiger partial charge in [0, 0.05) is 19.2 Å². The summed E-state index contributed by atoms with van der Waals surface area (Å²) >= 11 is 3.17. The lowest BCUT2D eigenvalue weighted by Gasteiger charge is -2.35. The van der Waals surface area contributed by atoms with Crippen molar-refractivity contribution in [3.05, 3.63) is 38.3 Å². The molecular formula is C15H21BrN2O3. The topological polar surface area (TPSA) is 75.4 Å². The van der Waals surface area contributed by atoms with Gasteiger partial charge < -0.3 is 10.4 Å². The third kappa shape index (κ3) is 4.49. The molecule has 0 aromatic heterocycles. The second-order valence-electron chi connectivity index (χ2n) is 6.05. The highest BCUT2D eigenvalue weighted by molar-refractivity contribution is 9.10. The molecule has 116 valence electrons. The molecule has 1 aromatic carbocycles. The van der Waals surface area contributed by atoms with Crippen LogP contribution in [0.15, 0.2) is 22.7 Å². The summed E-state index contributed by atoms with van der Waals surface area (Å²) in [4.78, 5) is 10.5. The fourth-order valence-corrected chi connectivity index (χ4v) is 3.12. The normalized spacial score (nSPS) is 25.8. The van der Waals surface area contributed by atoms with E-state index in [1.807, 2.05) is 6.07 Å². The number of nitro benzene ring substituents is 1. The summed E-state index contributed by atoms with van der Waals surface area (Å²) in [6, 6.07) is 5.09. The molecule has 0 saturated heterocycles. The monoisotopic (exact) mass is 356 g/mol. The fraction of sp³-hybridized carbons (Fsp3) is 0.600. The molecule has 2 rings (SSSR count). The molecule has 1 aliphatic carbocycles. The van der Waals surface area contributed by atoms with Gasteiger partial charge in [-0.05, 0) is 59.2 Å². The maximum absolute atomic E-state index is 10.9. The van der Waals surface area contributed by atoms with Gasteiger partial charge >= 0.3 is 0 Å². The van der Waals surface area contributed by atoms with Crippen LogP contribution in [0.5, 0.6) is 0 Å². The van der Waals surface area contributed by atoms with Gasteiger partial charge in [0.1, 0.15) is 0 Å². The molecule has 0 amide bonds. The van der Waals surface area contributed by atoms with Gasteiger partial charge in [-0.15, -0.1) is 0 Å². The summed E-state index contributed by atoms with van der Waals surface area (Å²) in [5, 5.41) is 24.6. The molecule has 1 aromatic rings. The van der Waals surface area contributed by atoms with E-state index in [1.165, 1.54) is 0 Å². The molecule has 0 spiro atoms. The number of benzene rings is 1. The molecule has 1 saturated carbocycles. The first-order valence-corrected chi connectivity index (χ1v) is 8.05. The number of aliphatic hydroxyl groups is 1. The summed E-state index contributed by atoms with van der Waals surface area (Å²) in [7, 11) is 0. The number of nitro groups is 1. The van der Waals surface area contributed by atoms with Gasteiger partial charge in [-0.25, -0.2) is 0 Å². The van der Waals surface area contributed by atoms with Gasteiger partial charge in [0.15, 0.2) is 0 Å². The van der Waals surface area contributed by atoms with Crippen molar-refractivity contribution in [2.45, 2.75) is 44.8 Å². The van der Waals surface area contributed by atoms with Crippen LogP contribution in [0, 0.1) is 16.0 Å². The van der Waals surface area contributed by atoms with Crippen molar-refractivity contribution in [3.63, 3.8) is 0 Å².